The molecule has 1 atom stereocenters. The number of Topliss-reactive ketones (excluding diaryl/α,β-unsaturated/α-hetero) is 1. The van der Waals surface area contributed by atoms with Crippen LogP contribution in [0.5, 0.6) is 11.5 Å². The van der Waals surface area contributed by atoms with Crippen LogP contribution in [0.3, 0.4) is 0 Å². The molecule has 0 aliphatic carbocycles. The molecule has 1 unspecified atom stereocenters. The Kier molecular flexibility index (Phi) is 4.53. The van der Waals surface area contributed by atoms with Crippen molar-refractivity contribution in [2.24, 2.45) is 0 Å². The molecule has 1 aromatic rings. The van der Waals surface area contributed by atoms with Gasteiger partial charge in [-0.15, -0.1) is 0 Å². The fourth-order valence-electron chi connectivity index (χ4n) is 1.38. The highest BCUT2D eigenvalue weighted by Crippen LogP contribution is 2.28. The number of carbonyl (C=O) groups excluding carboxylic acids is 1. The maximum atomic E-state index is 11.4. The molecule has 0 fully saturated rings. The number of carbonyl (C=O) groups is 1. The minimum Gasteiger partial charge on any atom is -0.493 e. The summed E-state index contributed by atoms with van der Waals surface area (Å²) in [5.41, 5.74) is 0.490. The SMILES string of the molecule is CCC(=O)C(C)Oc1ccc(C#N)cc1OC. The smallest absolute Gasteiger partial charge is 0.172 e. The van der Waals surface area contributed by atoms with Crippen molar-refractivity contribution in [3.05, 3.63) is 23.8 Å². The fraction of sp³-hybridized carbons (Fsp3) is 0.385. The Morgan fingerprint density at radius 2 is 2.18 bits per heavy atom. The van der Waals surface area contributed by atoms with Crippen LogP contribution in [0.2, 0.25) is 0 Å². The van der Waals surface area contributed by atoms with Gasteiger partial charge in [0.15, 0.2) is 23.4 Å². The molecule has 0 aliphatic heterocycles. The van der Waals surface area contributed by atoms with Gasteiger partial charge in [0.1, 0.15) is 0 Å². The summed E-state index contributed by atoms with van der Waals surface area (Å²) in [6, 6.07) is 6.86. The van der Waals surface area contributed by atoms with Gasteiger partial charge in [-0.25, -0.2) is 0 Å². The lowest BCUT2D eigenvalue weighted by Gasteiger charge is -2.15. The second kappa shape index (κ2) is 5.90. The maximum absolute atomic E-state index is 11.4. The zero-order chi connectivity index (χ0) is 12.8. The first-order chi connectivity index (χ1) is 8.12. The molecule has 0 heterocycles. The number of nitriles is 1. The summed E-state index contributed by atoms with van der Waals surface area (Å²) in [5, 5.41) is 8.76. The highest BCUT2D eigenvalue weighted by atomic mass is 16.5. The minimum absolute atomic E-state index is 0.0245. The van der Waals surface area contributed by atoms with Gasteiger partial charge in [0, 0.05) is 12.5 Å². The number of ketones is 1. The van der Waals surface area contributed by atoms with Crippen molar-refractivity contribution in [2.75, 3.05) is 7.11 Å². The quantitative estimate of drug-likeness (QED) is 0.783. The topological polar surface area (TPSA) is 59.3 Å². The van der Waals surface area contributed by atoms with Crippen LogP contribution in [0.25, 0.3) is 0 Å². The molecule has 0 aromatic heterocycles. The van der Waals surface area contributed by atoms with E-state index < -0.39 is 6.10 Å². The number of hydrogen-bond donors (Lipinski definition) is 0. The van der Waals surface area contributed by atoms with Gasteiger partial charge in [0.2, 0.25) is 0 Å². The molecule has 90 valence electrons. The van der Waals surface area contributed by atoms with Gasteiger partial charge in [-0.3, -0.25) is 4.79 Å². The fourth-order valence-corrected chi connectivity index (χ4v) is 1.38. The van der Waals surface area contributed by atoms with Gasteiger partial charge in [0.25, 0.3) is 0 Å². The van der Waals surface area contributed by atoms with Crippen LogP contribution in [0.1, 0.15) is 25.8 Å². The predicted molar refractivity (Wildman–Crippen MR) is 63.1 cm³/mol. The van der Waals surface area contributed by atoms with E-state index in [1.54, 1.807) is 32.0 Å². The van der Waals surface area contributed by atoms with Crippen LogP contribution in [0.15, 0.2) is 18.2 Å². The Balaban J connectivity index is 2.91. The van der Waals surface area contributed by atoms with E-state index in [2.05, 4.69) is 0 Å². The van der Waals surface area contributed by atoms with E-state index in [1.807, 2.05) is 6.07 Å². The van der Waals surface area contributed by atoms with Gasteiger partial charge < -0.3 is 9.47 Å². The molecular formula is C13H15NO3. The molecule has 1 aromatic carbocycles. The van der Waals surface area contributed by atoms with E-state index in [1.165, 1.54) is 7.11 Å². The first-order valence-corrected chi connectivity index (χ1v) is 5.39. The molecule has 0 amide bonds. The van der Waals surface area contributed by atoms with Crippen molar-refractivity contribution < 1.29 is 14.3 Å². The standard InChI is InChI=1S/C13H15NO3/c1-4-11(15)9(2)17-12-6-5-10(8-14)7-13(12)16-3/h5-7,9H,4H2,1-3H3. The lowest BCUT2D eigenvalue weighted by Crippen LogP contribution is -2.23. The lowest BCUT2D eigenvalue weighted by atomic mass is 10.2. The Morgan fingerprint density at radius 3 is 2.71 bits per heavy atom. The van der Waals surface area contributed by atoms with Crippen LogP contribution in [0.4, 0.5) is 0 Å². The Hall–Kier alpha value is -2.02. The van der Waals surface area contributed by atoms with Gasteiger partial charge in [0.05, 0.1) is 18.7 Å². The van der Waals surface area contributed by atoms with Crippen molar-refractivity contribution in [2.45, 2.75) is 26.4 Å². The molecule has 0 aliphatic rings. The Bertz CT molecular complexity index is 448. The zero-order valence-corrected chi connectivity index (χ0v) is 10.2. The summed E-state index contributed by atoms with van der Waals surface area (Å²) in [5.74, 6) is 0.956. The Labute approximate surface area is 101 Å². The van der Waals surface area contributed by atoms with E-state index in [-0.39, 0.29) is 5.78 Å². The number of nitrogens with zero attached hydrogens (tertiary/aromatic N) is 1. The van der Waals surface area contributed by atoms with Crippen molar-refractivity contribution in [1.29, 1.82) is 5.26 Å². The van der Waals surface area contributed by atoms with Gasteiger partial charge >= 0.3 is 0 Å². The molecule has 0 radical (unpaired) electrons. The second-order valence-electron chi connectivity index (χ2n) is 3.56. The van der Waals surface area contributed by atoms with Crippen LogP contribution < -0.4 is 9.47 Å². The van der Waals surface area contributed by atoms with E-state index in [4.69, 9.17) is 14.7 Å². The zero-order valence-electron chi connectivity index (χ0n) is 10.2. The average Bonchev–Trinajstić information content (AvgIpc) is 2.37. The third-order valence-electron chi connectivity index (χ3n) is 2.40. The molecule has 1 rings (SSSR count). The monoisotopic (exact) mass is 233 g/mol. The van der Waals surface area contributed by atoms with Gasteiger partial charge in [-0.1, -0.05) is 6.92 Å². The molecular weight excluding hydrogens is 218 g/mol. The minimum atomic E-state index is -0.512. The van der Waals surface area contributed by atoms with Crippen LogP contribution in [-0.4, -0.2) is 19.0 Å². The summed E-state index contributed by atoms with van der Waals surface area (Å²) in [7, 11) is 1.50. The first kappa shape index (κ1) is 13.0. The molecule has 0 bridgehead atoms. The molecule has 0 saturated carbocycles. The number of ether oxygens (including phenoxy) is 2. The van der Waals surface area contributed by atoms with Crippen LogP contribution in [-0.2, 0) is 4.79 Å². The lowest BCUT2D eigenvalue weighted by molar-refractivity contribution is -0.124. The number of methoxy groups -OCH3 is 1. The maximum Gasteiger partial charge on any atom is 0.172 e. The average molecular weight is 233 g/mol. The molecule has 0 saturated heterocycles. The van der Waals surface area contributed by atoms with Crippen molar-refractivity contribution in [3.8, 4) is 17.6 Å². The second-order valence-corrected chi connectivity index (χ2v) is 3.56. The third-order valence-corrected chi connectivity index (χ3v) is 2.40. The molecule has 0 spiro atoms. The molecule has 4 nitrogen and oxygen atoms in total. The summed E-state index contributed by atoms with van der Waals surface area (Å²) in [6.07, 6.45) is -0.0819. The van der Waals surface area contributed by atoms with Gasteiger partial charge in [-0.2, -0.15) is 5.26 Å². The van der Waals surface area contributed by atoms with Crippen molar-refractivity contribution in [3.63, 3.8) is 0 Å². The van der Waals surface area contributed by atoms with E-state index >= 15 is 0 Å². The van der Waals surface area contributed by atoms with Crippen LogP contribution >= 0.6 is 0 Å². The van der Waals surface area contributed by atoms with Crippen molar-refractivity contribution >= 4 is 5.78 Å². The molecule has 4 heteroatoms. The summed E-state index contributed by atoms with van der Waals surface area (Å²) >= 11 is 0. The summed E-state index contributed by atoms with van der Waals surface area (Å²) in [4.78, 5) is 11.4. The van der Waals surface area contributed by atoms with E-state index in [0.717, 1.165) is 0 Å². The highest BCUT2D eigenvalue weighted by Gasteiger charge is 2.15. The van der Waals surface area contributed by atoms with Crippen LogP contribution in [0, 0.1) is 11.3 Å². The number of benzene rings is 1. The molecule has 0 N–H and O–H groups in total. The van der Waals surface area contributed by atoms with E-state index in [0.29, 0.717) is 23.5 Å². The Morgan fingerprint density at radius 1 is 1.47 bits per heavy atom. The largest absolute Gasteiger partial charge is 0.493 e. The molecule has 17 heavy (non-hydrogen) atoms. The first-order valence-electron chi connectivity index (χ1n) is 5.39. The number of hydrogen-bond acceptors (Lipinski definition) is 4. The van der Waals surface area contributed by atoms with Gasteiger partial charge in [-0.05, 0) is 19.1 Å². The van der Waals surface area contributed by atoms with E-state index in [9.17, 15) is 4.79 Å². The summed E-state index contributed by atoms with van der Waals surface area (Å²) in [6.45, 7) is 3.49. The normalized spacial score (nSPS) is 11.4. The predicted octanol–water partition coefficient (Wildman–Crippen LogP) is 2.31. The number of rotatable bonds is 5. The van der Waals surface area contributed by atoms with Crippen molar-refractivity contribution in [1.82, 2.24) is 0 Å². The summed E-state index contributed by atoms with van der Waals surface area (Å²) < 4.78 is 10.6. The third kappa shape index (κ3) is 3.22. The highest BCUT2D eigenvalue weighted by molar-refractivity contribution is 5.82.